The molecule has 0 saturated carbocycles. The molecule has 1 aromatic carbocycles. The van der Waals surface area contributed by atoms with E-state index >= 15 is 0 Å². The fourth-order valence-corrected chi connectivity index (χ4v) is 2.49. The Hall–Kier alpha value is -2.58. The summed E-state index contributed by atoms with van der Waals surface area (Å²) in [7, 11) is 0. The average Bonchev–Trinajstić information content (AvgIpc) is 2.58. The lowest BCUT2D eigenvalue weighted by atomic mass is 10.1. The van der Waals surface area contributed by atoms with Gasteiger partial charge >= 0.3 is 6.18 Å². The predicted octanol–water partition coefficient (Wildman–Crippen LogP) is 2.64. The Morgan fingerprint density at radius 3 is 2.32 bits per heavy atom. The molecule has 0 aliphatic rings. The highest BCUT2D eigenvalue weighted by molar-refractivity contribution is 5.91. The zero-order valence-corrected chi connectivity index (χ0v) is 15.6. The molecular weight excluding hydrogens is 377 g/mol. The summed E-state index contributed by atoms with van der Waals surface area (Å²) in [5.41, 5.74) is 0.884. The Morgan fingerprint density at radius 2 is 1.75 bits per heavy atom. The SMILES string of the molecule is CC(=O)C[C@@H](NC(=O)CCCCC(F)(F)F)C(=O)NCCc1ccc(O)cc1. The van der Waals surface area contributed by atoms with Crippen molar-refractivity contribution in [1.29, 1.82) is 0 Å². The molecule has 0 saturated heterocycles. The van der Waals surface area contributed by atoms with Crippen LogP contribution in [0.1, 0.15) is 44.6 Å². The topological polar surface area (TPSA) is 95.5 Å². The van der Waals surface area contributed by atoms with Gasteiger partial charge in [0.25, 0.3) is 0 Å². The van der Waals surface area contributed by atoms with Crippen molar-refractivity contribution < 1.29 is 32.7 Å². The van der Waals surface area contributed by atoms with Crippen molar-refractivity contribution in [3.05, 3.63) is 29.8 Å². The van der Waals surface area contributed by atoms with E-state index < -0.39 is 30.5 Å². The Labute approximate surface area is 161 Å². The van der Waals surface area contributed by atoms with Crippen LogP contribution in [0.5, 0.6) is 5.75 Å². The number of rotatable bonds is 11. The number of aromatic hydroxyl groups is 1. The van der Waals surface area contributed by atoms with Crippen molar-refractivity contribution in [3.8, 4) is 5.75 Å². The molecule has 0 radical (unpaired) electrons. The highest BCUT2D eigenvalue weighted by Gasteiger charge is 2.26. The van der Waals surface area contributed by atoms with Gasteiger partial charge in [-0.1, -0.05) is 12.1 Å². The van der Waals surface area contributed by atoms with Gasteiger partial charge in [-0.25, -0.2) is 0 Å². The van der Waals surface area contributed by atoms with E-state index in [9.17, 15) is 32.7 Å². The van der Waals surface area contributed by atoms with Gasteiger partial charge in [-0.05, 0) is 43.9 Å². The van der Waals surface area contributed by atoms with Gasteiger partial charge in [0, 0.05) is 25.8 Å². The lowest BCUT2D eigenvalue weighted by Gasteiger charge is -2.17. The normalized spacial score (nSPS) is 12.3. The Kier molecular flexibility index (Phi) is 9.47. The maximum absolute atomic E-state index is 12.3. The number of carbonyl (C=O) groups is 3. The smallest absolute Gasteiger partial charge is 0.389 e. The fourth-order valence-electron chi connectivity index (χ4n) is 2.49. The van der Waals surface area contributed by atoms with E-state index in [1.807, 2.05) is 0 Å². The third-order valence-electron chi connectivity index (χ3n) is 3.91. The van der Waals surface area contributed by atoms with Crippen LogP contribution in [0.15, 0.2) is 24.3 Å². The van der Waals surface area contributed by atoms with E-state index in [-0.39, 0.29) is 43.8 Å². The van der Waals surface area contributed by atoms with E-state index in [2.05, 4.69) is 10.6 Å². The number of nitrogens with one attached hydrogen (secondary N) is 2. The average molecular weight is 402 g/mol. The molecule has 0 unspecified atom stereocenters. The zero-order chi connectivity index (χ0) is 21.2. The first-order valence-electron chi connectivity index (χ1n) is 8.98. The highest BCUT2D eigenvalue weighted by atomic mass is 19.4. The van der Waals surface area contributed by atoms with Crippen LogP contribution in [0, 0.1) is 0 Å². The van der Waals surface area contributed by atoms with Crippen LogP contribution in [0.3, 0.4) is 0 Å². The minimum atomic E-state index is -4.26. The van der Waals surface area contributed by atoms with Crippen LogP contribution in [-0.2, 0) is 20.8 Å². The first-order chi connectivity index (χ1) is 13.1. The van der Waals surface area contributed by atoms with Gasteiger partial charge in [-0.2, -0.15) is 13.2 Å². The lowest BCUT2D eigenvalue weighted by Crippen LogP contribution is -2.48. The van der Waals surface area contributed by atoms with E-state index in [1.54, 1.807) is 12.1 Å². The summed E-state index contributed by atoms with van der Waals surface area (Å²) in [5, 5.41) is 14.3. The minimum absolute atomic E-state index is 0.0423. The Balaban J connectivity index is 2.44. The third-order valence-corrected chi connectivity index (χ3v) is 3.91. The van der Waals surface area contributed by atoms with Gasteiger partial charge in [0.05, 0.1) is 0 Å². The van der Waals surface area contributed by atoms with E-state index in [1.165, 1.54) is 19.1 Å². The van der Waals surface area contributed by atoms with Gasteiger partial charge in [0.15, 0.2) is 0 Å². The van der Waals surface area contributed by atoms with Crippen molar-refractivity contribution >= 4 is 17.6 Å². The number of hydrogen-bond acceptors (Lipinski definition) is 4. The van der Waals surface area contributed by atoms with Gasteiger partial charge < -0.3 is 15.7 Å². The summed E-state index contributed by atoms with van der Waals surface area (Å²) in [6.07, 6.45) is -5.21. The summed E-state index contributed by atoms with van der Waals surface area (Å²) in [6.45, 7) is 1.55. The van der Waals surface area contributed by atoms with Gasteiger partial charge in [0.2, 0.25) is 11.8 Å². The molecule has 1 atom stereocenters. The highest BCUT2D eigenvalue weighted by Crippen LogP contribution is 2.22. The quantitative estimate of drug-likeness (QED) is 0.496. The molecular formula is C19H25F3N2O4. The van der Waals surface area contributed by atoms with E-state index in [0.29, 0.717) is 6.42 Å². The summed E-state index contributed by atoms with van der Waals surface area (Å²) in [6, 6.07) is 5.39. The molecule has 0 fully saturated rings. The van der Waals surface area contributed by atoms with Crippen molar-refractivity contribution in [2.45, 2.75) is 57.7 Å². The number of Topliss-reactive ketones (excluding diaryl/α,β-unsaturated/α-hetero) is 1. The molecule has 0 aliphatic carbocycles. The number of ketones is 1. The maximum Gasteiger partial charge on any atom is 0.389 e. The molecule has 2 amide bonds. The first kappa shape index (κ1) is 23.5. The third kappa shape index (κ3) is 10.5. The number of carbonyl (C=O) groups excluding carboxylic acids is 3. The second-order valence-electron chi connectivity index (χ2n) is 6.56. The fraction of sp³-hybridized carbons (Fsp3) is 0.526. The molecule has 6 nitrogen and oxygen atoms in total. The predicted molar refractivity (Wildman–Crippen MR) is 96.6 cm³/mol. The molecule has 28 heavy (non-hydrogen) atoms. The number of phenolic OH excluding ortho intramolecular Hbond substituents is 1. The summed E-state index contributed by atoms with van der Waals surface area (Å²) < 4.78 is 36.3. The number of hydrogen-bond donors (Lipinski definition) is 3. The van der Waals surface area contributed by atoms with Crippen molar-refractivity contribution in [2.75, 3.05) is 6.54 Å². The summed E-state index contributed by atoms with van der Waals surface area (Å²) in [4.78, 5) is 35.5. The maximum atomic E-state index is 12.3. The number of amides is 2. The Morgan fingerprint density at radius 1 is 1.11 bits per heavy atom. The van der Waals surface area contributed by atoms with Gasteiger partial charge in [-0.15, -0.1) is 0 Å². The number of phenols is 1. The first-order valence-corrected chi connectivity index (χ1v) is 8.98. The molecule has 3 N–H and O–H groups in total. The number of alkyl halides is 3. The summed E-state index contributed by atoms with van der Waals surface area (Å²) >= 11 is 0. The van der Waals surface area contributed by atoms with Crippen LogP contribution in [0.25, 0.3) is 0 Å². The van der Waals surface area contributed by atoms with Crippen molar-refractivity contribution in [3.63, 3.8) is 0 Å². The monoisotopic (exact) mass is 402 g/mol. The molecule has 0 aliphatic heterocycles. The lowest BCUT2D eigenvalue weighted by molar-refractivity contribution is -0.137. The summed E-state index contributed by atoms with van der Waals surface area (Å²) in [5.74, 6) is -1.26. The largest absolute Gasteiger partial charge is 0.508 e. The van der Waals surface area contributed by atoms with Crippen LogP contribution < -0.4 is 10.6 Å². The second kappa shape index (κ2) is 11.3. The molecule has 0 aromatic heterocycles. The number of benzene rings is 1. The molecule has 156 valence electrons. The van der Waals surface area contributed by atoms with Crippen LogP contribution >= 0.6 is 0 Å². The van der Waals surface area contributed by atoms with Gasteiger partial charge in [-0.3, -0.25) is 14.4 Å². The van der Waals surface area contributed by atoms with Crippen LogP contribution in [-0.4, -0.2) is 41.5 Å². The van der Waals surface area contributed by atoms with Crippen molar-refractivity contribution in [2.24, 2.45) is 0 Å². The number of unbranched alkanes of at least 4 members (excludes halogenated alkanes) is 1. The van der Waals surface area contributed by atoms with Crippen LogP contribution in [0.4, 0.5) is 13.2 Å². The van der Waals surface area contributed by atoms with E-state index in [4.69, 9.17) is 0 Å². The van der Waals surface area contributed by atoms with Crippen LogP contribution in [0.2, 0.25) is 0 Å². The number of halogens is 3. The van der Waals surface area contributed by atoms with Crippen molar-refractivity contribution in [1.82, 2.24) is 10.6 Å². The second-order valence-corrected chi connectivity index (χ2v) is 6.56. The standard InChI is InChI=1S/C19H25F3N2O4/c1-13(25)12-16(24-17(27)4-2-3-10-19(20,21)22)18(28)23-11-9-14-5-7-15(26)8-6-14/h5-8,16,26H,2-4,9-12H2,1H3,(H,23,28)(H,24,27)/t16-/m1/s1. The molecule has 9 heteroatoms. The molecule has 1 aromatic rings. The van der Waals surface area contributed by atoms with E-state index in [0.717, 1.165) is 5.56 Å². The molecule has 0 bridgehead atoms. The Bertz CT molecular complexity index is 660. The molecule has 0 heterocycles. The zero-order valence-electron chi connectivity index (χ0n) is 15.6. The minimum Gasteiger partial charge on any atom is -0.508 e. The molecule has 0 spiro atoms. The molecule has 1 rings (SSSR count). The van der Waals surface area contributed by atoms with Gasteiger partial charge in [0.1, 0.15) is 17.6 Å².